The summed E-state index contributed by atoms with van der Waals surface area (Å²) in [5.74, 6) is 0. The number of nitro benzene ring substituents is 5. The summed E-state index contributed by atoms with van der Waals surface area (Å²) in [6.45, 7) is 0. The Morgan fingerprint density at radius 1 is 0.246 bits per heavy atom. The van der Waals surface area contributed by atoms with Crippen LogP contribution >= 0.6 is 0 Å². The summed E-state index contributed by atoms with van der Waals surface area (Å²) in [7, 11) is 0. The van der Waals surface area contributed by atoms with Crippen LogP contribution in [0.15, 0.2) is 152 Å². The Morgan fingerprint density at radius 2 is 0.474 bits per heavy atom. The van der Waals surface area contributed by atoms with Crippen molar-refractivity contribution in [1.29, 1.82) is 0 Å². The summed E-state index contributed by atoms with van der Waals surface area (Å²) in [5.41, 5.74) is 1.33. The smallest absolute Gasteiger partial charge is 0.258 e. The first kappa shape index (κ1) is 36.9. The van der Waals surface area contributed by atoms with Gasteiger partial charge in [-0.3, -0.25) is 50.6 Å². The summed E-state index contributed by atoms with van der Waals surface area (Å²) < 4.78 is 0. The van der Waals surface area contributed by atoms with Gasteiger partial charge in [0.1, 0.15) is 0 Å². The highest BCUT2D eigenvalue weighted by molar-refractivity contribution is 5.90. The zero-order chi connectivity index (χ0) is 40.4. The molecule has 57 heavy (non-hydrogen) atoms. The normalized spacial score (nSPS) is 10.8. The lowest BCUT2D eigenvalue weighted by atomic mass is 9.91. The topological polar surface area (TPSA) is 216 Å². The van der Waals surface area contributed by atoms with Crippen LogP contribution in [0.5, 0.6) is 0 Å². The molecule has 7 aromatic carbocycles. The third kappa shape index (κ3) is 7.26. The molecule has 7 rings (SSSR count). The van der Waals surface area contributed by atoms with Crippen LogP contribution in [0.2, 0.25) is 0 Å². The first-order chi connectivity index (χ1) is 27.4. The van der Waals surface area contributed by atoms with Gasteiger partial charge in [0, 0.05) is 30.3 Å². The fourth-order valence-electron chi connectivity index (χ4n) is 6.73. The Hall–Kier alpha value is -8.46. The van der Waals surface area contributed by atoms with Gasteiger partial charge in [-0.2, -0.15) is 0 Å². The maximum atomic E-state index is 12.4. The summed E-state index contributed by atoms with van der Waals surface area (Å²) in [4.78, 5) is 58.1. The second kappa shape index (κ2) is 15.1. The highest BCUT2D eigenvalue weighted by Gasteiger charge is 2.26. The first-order valence-electron chi connectivity index (χ1n) is 17.0. The van der Waals surface area contributed by atoms with E-state index in [1.54, 1.807) is 42.5 Å². The molecule has 0 aliphatic rings. The molecule has 0 saturated heterocycles. The summed E-state index contributed by atoms with van der Waals surface area (Å²) in [6, 6.07) is 37.7. The first-order valence-corrected chi connectivity index (χ1v) is 17.0. The van der Waals surface area contributed by atoms with Crippen molar-refractivity contribution in [2.24, 2.45) is 0 Å². The lowest BCUT2D eigenvalue weighted by Crippen LogP contribution is -1.98. The molecule has 0 aliphatic heterocycles. The number of rotatable bonds is 11. The quantitative estimate of drug-likeness (QED) is 0.0897. The molecule has 0 spiro atoms. The zero-order valence-electron chi connectivity index (χ0n) is 29.3. The Bertz CT molecular complexity index is 2790. The molecule has 15 nitrogen and oxygen atoms in total. The molecule has 15 heteroatoms. The molecule has 7 aromatic rings. The Kier molecular flexibility index (Phi) is 9.78. The molecule has 0 amide bonds. The molecule has 0 bridgehead atoms. The molecular formula is C42H25N5O10. The van der Waals surface area contributed by atoms with Gasteiger partial charge >= 0.3 is 0 Å². The Balaban J connectivity index is 1.41. The average Bonchev–Trinajstić information content (AvgIpc) is 3.23. The van der Waals surface area contributed by atoms with E-state index in [0.29, 0.717) is 11.1 Å². The number of hydrogen-bond donors (Lipinski definition) is 0. The summed E-state index contributed by atoms with van der Waals surface area (Å²) in [5, 5.41) is 61.2. The van der Waals surface area contributed by atoms with Crippen molar-refractivity contribution in [3.8, 4) is 66.8 Å². The third-order valence-electron chi connectivity index (χ3n) is 9.40. The molecular weight excluding hydrogens is 734 g/mol. The number of benzene rings is 7. The number of nitro groups is 5. The van der Waals surface area contributed by atoms with Gasteiger partial charge in [0.25, 0.3) is 28.4 Å². The van der Waals surface area contributed by atoms with Crippen molar-refractivity contribution < 1.29 is 24.6 Å². The van der Waals surface area contributed by atoms with Crippen molar-refractivity contribution in [2.45, 2.75) is 0 Å². The van der Waals surface area contributed by atoms with Gasteiger partial charge in [-0.15, -0.1) is 0 Å². The van der Waals surface area contributed by atoms with E-state index >= 15 is 0 Å². The standard InChI is InChI=1S/C42H25N5O10/c48-43(49)38-17-12-29(22-33(38)27-9-5-2-6-10-27)35-24-31(14-19-40(35)45(52)53)37-25-32(15-20-42(37)47(56)57)36-23-30(13-18-41(36)46(54)55)34-21-28(11-16-39(34)44(50)51)26-7-3-1-4-8-26/h1-25H. The Morgan fingerprint density at radius 3 is 0.754 bits per heavy atom. The van der Waals surface area contributed by atoms with Crippen molar-refractivity contribution in [1.82, 2.24) is 0 Å². The van der Waals surface area contributed by atoms with Crippen LogP contribution in [-0.2, 0) is 0 Å². The fraction of sp³-hybridized carbons (Fsp3) is 0. The van der Waals surface area contributed by atoms with Gasteiger partial charge in [0.15, 0.2) is 0 Å². The van der Waals surface area contributed by atoms with Crippen LogP contribution in [0, 0.1) is 50.6 Å². The van der Waals surface area contributed by atoms with Gasteiger partial charge in [-0.1, -0.05) is 60.7 Å². The fourth-order valence-corrected chi connectivity index (χ4v) is 6.73. The predicted molar refractivity (Wildman–Crippen MR) is 212 cm³/mol. The van der Waals surface area contributed by atoms with Crippen molar-refractivity contribution in [3.05, 3.63) is 202 Å². The maximum Gasteiger partial charge on any atom is 0.277 e. The minimum Gasteiger partial charge on any atom is -0.258 e. The second-order valence-electron chi connectivity index (χ2n) is 12.7. The van der Waals surface area contributed by atoms with Gasteiger partial charge in [-0.25, -0.2) is 0 Å². The molecule has 0 N–H and O–H groups in total. The highest BCUT2D eigenvalue weighted by atomic mass is 16.6. The van der Waals surface area contributed by atoms with E-state index in [1.165, 1.54) is 66.7 Å². The van der Waals surface area contributed by atoms with Crippen LogP contribution in [0.1, 0.15) is 0 Å². The molecule has 278 valence electrons. The van der Waals surface area contributed by atoms with E-state index in [1.807, 2.05) is 30.3 Å². The molecule has 0 aliphatic carbocycles. The molecule has 0 heterocycles. The lowest BCUT2D eigenvalue weighted by Gasteiger charge is -2.12. The van der Waals surface area contributed by atoms with Crippen molar-refractivity contribution in [2.75, 3.05) is 0 Å². The van der Waals surface area contributed by atoms with Gasteiger partial charge in [-0.05, 0) is 99.6 Å². The third-order valence-corrected chi connectivity index (χ3v) is 9.40. The second-order valence-corrected chi connectivity index (χ2v) is 12.7. The average molecular weight is 760 g/mol. The number of nitrogens with zero attached hydrogens (tertiary/aromatic N) is 5. The minimum atomic E-state index is -0.664. The van der Waals surface area contributed by atoms with Gasteiger partial charge in [0.2, 0.25) is 0 Å². The van der Waals surface area contributed by atoms with Crippen LogP contribution in [0.25, 0.3) is 66.8 Å². The molecule has 0 saturated carbocycles. The van der Waals surface area contributed by atoms with E-state index in [0.717, 1.165) is 17.7 Å². The lowest BCUT2D eigenvalue weighted by molar-refractivity contribution is -0.384. The van der Waals surface area contributed by atoms with Crippen LogP contribution in [0.3, 0.4) is 0 Å². The number of hydrogen-bond acceptors (Lipinski definition) is 10. The van der Waals surface area contributed by atoms with Crippen molar-refractivity contribution in [3.63, 3.8) is 0 Å². The molecule has 0 atom stereocenters. The summed E-state index contributed by atoms with van der Waals surface area (Å²) >= 11 is 0. The van der Waals surface area contributed by atoms with Gasteiger partial charge in [0.05, 0.1) is 52.4 Å². The van der Waals surface area contributed by atoms with E-state index in [2.05, 4.69) is 0 Å². The van der Waals surface area contributed by atoms with Crippen molar-refractivity contribution >= 4 is 28.4 Å². The minimum absolute atomic E-state index is 0.00179. The largest absolute Gasteiger partial charge is 0.277 e. The van der Waals surface area contributed by atoms with E-state index in [-0.39, 0.29) is 72.8 Å². The zero-order valence-corrected chi connectivity index (χ0v) is 29.3. The monoisotopic (exact) mass is 759 g/mol. The van der Waals surface area contributed by atoms with Crippen LogP contribution in [0.4, 0.5) is 28.4 Å². The highest BCUT2D eigenvalue weighted by Crippen LogP contribution is 2.44. The maximum absolute atomic E-state index is 12.4. The van der Waals surface area contributed by atoms with E-state index in [9.17, 15) is 50.6 Å². The molecule has 0 radical (unpaired) electrons. The van der Waals surface area contributed by atoms with E-state index in [4.69, 9.17) is 0 Å². The Labute approximate surface area is 321 Å². The van der Waals surface area contributed by atoms with Crippen LogP contribution in [-0.4, -0.2) is 24.6 Å². The van der Waals surface area contributed by atoms with E-state index < -0.39 is 30.3 Å². The molecule has 0 aromatic heterocycles. The summed E-state index contributed by atoms with van der Waals surface area (Å²) in [6.07, 6.45) is 0. The SMILES string of the molecule is O=[N+]([O-])c1ccc(-c2ccccc2)cc1-c1ccc([N+](=O)[O-])c(-c2ccc([N+](=O)[O-])c(-c3ccc([N+](=O)[O-])c(-c4ccc([N+](=O)[O-])c(-c5ccccc5)c4)c3)c2)c1. The molecule has 0 unspecified atom stereocenters. The molecule has 0 fully saturated rings. The van der Waals surface area contributed by atoms with Crippen LogP contribution < -0.4 is 0 Å². The van der Waals surface area contributed by atoms with Gasteiger partial charge < -0.3 is 0 Å². The predicted octanol–water partition coefficient (Wildman–Crippen LogP) is 11.2.